The van der Waals surface area contributed by atoms with E-state index in [0.29, 0.717) is 27.7 Å². The van der Waals surface area contributed by atoms with Crippen molar-refractivity contribution in [3.05, 3.63) is 41.5 Å². The summed E-state index contributed by atoms with van der Waals surface area (Å²) >= 11 is 0. The van der Waals surface area contributed by atoms with Gasteiger partial charge in [0, 0.05) is 6.54 Å². The smallest absolute Gasteiger partial charge is 0.335 e. The van der Waals surface area contributed by atoms with Gasteiger partial charge in [-0.15, -0.1) is 0 Å². The molecule has 8 atom stereocenters. The molecule has 0 aromatic heterocycles. The van der Waals surface area contributed by atoms with Crippen molar-refractivity contribution in [1.29, 1.82) is 0 Å². The fourth-order valence-electron chi connectivity index (χ4n) is 12.1. The van der Waals surface area contributed by atoms with Gasteiger partial charge in [-0.1, -0.05) is 59.2 Å². The minimum absolute atomic E-state index is 0.0461. The Labute approximate surface area is 235 Å². The molecular weight excluding hydrogens is 482 g/mol. The van der Waals surface area contributed by atoms with Crippen LogP contribution in [0.2, 0.25) is 0 Å². The van der Waals surface area contributed by atoms with Crippen LogP contribution in [0.15, 0.2) is 30.3 Å². The average Bonchev–Trinajstić information content (AvgIpc) is 3.32. The molecule has 39 heavy (non-hydrogen) atoms. The number of carboxylic acid groups (broad SMARTS) is 1. The highest BCUT2D eigenvalue weighted by molar-refractivity contribution is 5.88. The Bertz CT molecular complexity index is 1180. The quantitative estimate of drug-likeness (QED) is 0.379. The molecule has 0 aliphatic heterocycles. The molecule has 4 nitrogen and oxygen atoms in total. The number of allylic oxidation sites excluding steroid dienone is 2. The van der Waals surface area contributed by atoms with Crippen molar-refractivity contribution >= 4 is 18.0 Å². The number of nitrogens with one attached hydrogen (secondary N) is 1. The van der Waals surface area contributed by atoms with Gasteiger partial charge < -0.3 is 10.4 Å². The molecule has 1 amide bonds. The second kappa shape index (κ2) is 8.95. The van der Waals surface area contributed by atoms with Gasteiger partial charge in [0.05, 0.1) is 5.56 Å². The molecule has 4 heteroatoms. The predicted octanol–water partition coefficient (Wildman–Crippen LogP) is 7.98. The summed E-state index contributed by atoms with van der Waals surface area (Å²) in [5.41, 5.74) is 4.31. The Morgan fingerprint density at radius 2 is 1.64 bits per heavy atom. The first-order valence-electron chi connectivity index (χ1n) is 15.6. The van der Waals surface area contributed by atoms with Crippen molar-refractivity contribution in [1.82, 2.24) is 5.32 Å². The number of carbonyl (C=O) groups is 2. The largest absolute Gasteiger partial charge is 0.478 e. The van der Waals surface area contributed by atoms with E-state index in [1.807, 2.05) is 12.1 Å². The van der Waals surface area contributed by atoms with Gasteiger partial charge in [-0.2, -0.15) is 0 Å². The van der Waals surface area contributed by atoms with E-state index in [2.05, 4.69) is 46.0 Å². The fraction of sp³-hybridized carbons (Fsp3) is 0.714. The van der Waals surface area contributed by atoms with Crippen LogP contribution in [0.1, 0.15) is 115 Å². The first-order valence-corrected chi connectivity index (χ1v) is 15.6. The lowest BCUT2D eigenvalue weighted by molar-refractivity contribution is -0.222. The van der Waals surface area contributed by atoms with Crippen LogP contribution >= 0.6 is 0 Å². The topological polar surface area (TPSA) is 66.4 Å². The molecular formula is C35H49NO3. The Hall–Kier alpha value is -2.10. The molecule has 2 N–H and O–H groups in total. The number of carboxylic acids is 1. The Morgan fingerprint density at radius 3 is 2.33 bits per heavy atom. The minimum Gasteiger partial charge on any atom is -0.478 e. The van der Waals surface area contributed by atoms with Crippen LogP contribution < -0.4 is 5.32 Å². The first kappa shape index (κ1) is 27.1. The number of rotatable bonds is 5. The van der Waals surface area contributed by atoms with E-state index in [0.717, 1.165) is 37.1 Å². The zero-order valence-corrected chi connectivity index (χ0v) is 24.8. The normalized spacial score (nSPS) is 44.2. The van der Waals surface area contributed by atoms with E-state index < -0.39 is 5.97 Å². The average molecular weight is 532 g/mol. The summed E-state index contributed by atoms with van der Waals surface area (Å²) < 4.78 is 0. The van der Waals surface area contributed by atoms with Crippen LogP contribution in [0.5, 0.6) is 0 Å². The SMILES string of the molecule is CC1(C)C(c2ccc(C(=O)O)cc2)=CC[C@@]2(C)C1CC[C@]1(C)C2CC[C@@H]2C3CCC[C@]3(CNC=O)CC[C@]21C. The van der Waals surface area contributed by atoms with Crippen LogP contribution in [0.3, 0.4) is 0 Å². The molecule has 4 fully saturated rings. The van der Waals surface area contributed by atoms with Crippen LogP contribution in [-0.2, 0) is 4.79 Å². The third-order valence-corrected chi connectivity index (χ3v) is 14.1. The van der Waals surface area contributed by atoms with E-state index in [-0.39, 0.29) is 10.8 Å². The fourth-order valence-corrected chi connectivity index (χ4v) is 12.1. The molecule has 1 aromatic carbocycles. The molecule has 212 valence electrons. The van der Waals surface area contributed by atoms with Crippen molar-refractivity contribution in [2.24, 2.45) is 50.7 Å². The zero-order valence-electron chi connectivity index (χ0n) is 24.8. The van der Waals surface area contributed by atoms with Crippen LogP contribution in [0.4, 0.5) is 0 Å². The molecule has 1 aromatic rings. The lowest BCUT2D eigenvalue weighted by atomic mass is 9.32. The van der Waals surface area contributed by atoms with Crippen molar-refractivity contribution in [3.63, 3.8) is 0 Å². The third-order valence-electron chi connectivity index (χ3n) is 14.1. The number of carbonyl (C=O) groups excluding carboxylic acids is 1. The summed E-state index contributed by atoms with van der Waals surface area (Å²) in [4.78, 5) is 22.7. The molecule has 0 heterocycles. The van der Waals surface area contributed by atoms with Crippen LogP contribution in [-0.4, -0.2) is 24.0 Å². The predicted molar refractivity (Wildman–Crippen MR) is 156 cm³/mol. The summed E-state index contributed by atoms with van der Waals surface area (Å²) in [5.74, 6) is 2.01. The van der Waals surface area contributed by atoms with Crippen LogP contribution in [0, 0.1) is 50.7 Å². The van der Waals surface area contributed by atoms with Crippen molar-refractivity contribution in [2.75, 3.05) is 6.54 Å². The van der Waals surface area contributed by atoms with Gasteiger partial charge in [-0.3, -0.25) is 4.79 Å². The van der Waals surface area contributed by atoms with E-state index in [1.54, 1.807) is 12.1 Å². The van der Waals surface area contributed by atoms with Gasteiger partial charge in [0.15, 0.2) is 0 Å². The maximum absolute atomic E-state index is 11.4. The number of benzene rings is 1. The van der Waals surface area contributed by atoms with Gasteiger partial charge >= 0.3 is 5.97 Å². The highest BCUT2D eigenvalue weighted by Crippen LogP contribution is 2.77. The molecule has 0 saturated heterocycles. The Balaban J connectivity index is 1.33. The summed E-state index contributed by atoms with van der Waals surface area (Å²) in [6.45, 7) is 13.8. The number of hydrogen-bond acceptors (Lipinski definition) is 2. The van der Waals surface area contributed by atoms with Crippen molar-refractivity contribution < 1.29 is 14.7 Å². The molecule has 0 spiro atoms. The second-order valence-electron chi connectivity index (χ2n) is 15.5. The highest BCUT2D eigenvalue weighted by atomic mass is 16.4. The molecule has 0 radical (unpaired) electrons. The lowest BCUT2D eigenvalue weighted by Gasteiger charge is -2.72. The monoisotopic (exact) mass is 531 g/mol. The standard InChI is InChI=1S/C35H49NO3/c1-31(2)25(23-8-10-24(11-9-23)30(38)39)14-17-32(3)28(31)15-18-34(5)29(32)13-12-26-27-7-6-16-35(27,21-36-22-37)20-19-33(26,34)4/h8-11,14,22,26-29H,6-7,12-13,15-21H2,1-5H3,(H,36,37)(H,38,39)/t26-,27?,28?,29?,32+,33-,34-,35-/m1/s1. The highest BCUT2D eigenvalue weighted by Gasteiger charge is 2.69. The summed E-state index contributed by atoms with van der Waals surface area (Å²) in [6.07, 6.45) is 16.4. The molecule has 4 saturated carbocycles. The number of fused-ring (bicyclic) bond motifs is 7. The third kappa shape index (κ3) is 3.61. The molecule has 5 aliphatic rings. The van der Waals surface area contributed by atoms with Gasteiger partial charge in [-0.05, 0) is 132 Å². The zero-order chi connectivity index (χ0) is 27.8. The summed E-state index contributed by atoms with van der Waals surface area (Å²) in [6, 6.07) is 7.57. The first-order chi connectivity index (χ1) is 18.4. The van der Waals surface area contributed by atoms with Gasteiger partial charge in [0.1, 0.15) is 0 Å². The van der Waals surface area contributed by atoms with Crippen LogP contribution in [0.25, 0.3) is 5.57 Å². The van der Waals surface area contributed by atoms with Gasteiger partial charge in [-0.25, -0.2) is 4.79 Å². The van der Waals surface area contributed by atoms with Crippen molar-refractivity contribution in [2.45, 2.75) is 98.8 Å². The molecule has 0 bridgehead atoms. The molecule has 5 aliphatic carbocycles. The number of aromatic carboxylic acids is 1. The minimum atomic E-state index is -0.862. The maximum Gasteiger partial charge on any atom is 0.335 e. The van der Waals surface area contributed by atoms with Crippen molar-refractivity contribution in [3.8, 4) is 0 Å². The summed E-state index contributed by atoms with van der Waals surface area (Å²) in [7, 11) is 0. The second-order valence-corrected chi connectivity index (χ2v) is 15.5. The Morgan fingerprint density at radius 1 is 0.897 bits per heavy atom. The summed E-state index contributed by atoms with van der Waals surface area (Å²) in [5, 5.41) is 12.5. The number of amides is 1. The lowest BCUT2D eigenvalue weighted by Crippen LogP contribution is -2.65. The molecule has 3 unspecified atom stereocenters. The van der Waals surface area contributed by atoms with Gasteiger partial charge in [0.25, 0.3) is 0 Å². The van der Waals surface area contributed by atoms with E-state index >= 15 is 0 Å². The maximum atomic E-state index is 11.4. The number of hydrogen-bond donors (Lipinski definition) is 2. The molecule has 6 rings (SSSR count). The van der Waals surface area contributed by atoms with E-state index in [9.17, 15) is 14.7 Å². The van der Waals surface area contributed by atoms with E-state index in [1.165, 1.54) is 68.9 Å². The van der Waals surface area contributed by atoms with E-state index in [4.69, 9.17) is 0 Å². The Kier molecular flexibility index (Phi) is 6.22. The van der Waals surface area contributed by atoms with Gasteiger partial charge in [0.2, 0.25) is 6.41 Å².